The number of para-hydroxylation sites is 1. The highest BCUT2D eigenvalue weighted by molar-refractivity contribution is 5.81. The first-order valence-corrected chi connectivity index (χ1v) is 10.7. The molecule has 0 aliphatic carbocycles. The van der Waals surface area contributed by atoms with Crippen LogP contribution >= 0.6 is 0 Å². The summed E-state index contributed by atoms with van der Waals surface area (Å²) in [6.45, 7) is 3.21. The van der Waals surface area contributed by atoms with Gasteiger partial charge in [-0.25, -0.2) is 9.50 Å². The molecule has 5 aromatic rings. The number of aromatic nitrogens is 5. The van der Waals surface area contributed by atoms with Crippen LogP contribution in [0.25, 0.3) is 27.9 Å². The van der Waals surface area contributed by atoms with E-state index in [9.17, 15) is 0 Å². The molecular weight excluding hydrogens is 386 g/mol. The number of benzene rings is 2. The van der Waals surface area contributed by atoms with Gasteiger partial charge in [0.1, 0.15) is 5.82 Å². The summed E-state index contributed by atoms with van der Waals surface area (Å²) in [5.74, 6) is 1.61. The van der Waals surface area contributed by atoms with E-state index in [1.807, 2.05) is 47.0 Å². The molecule has 31 heavy (non-hydrogen) atoms. The SMILES string of the molecule is c1ccc(Nc2nc3cccc(-c4ccc5nc(CN6CCCC6)[nH]c5c4)n3n2)cc1. The Morgan fingerprint density at radius 2 is 1.77 bits per heavy atom. The first-order valence-electron chi connectivity index (χ1n) is 10.7. The minimum Gasteiger partial charge on any atom is -0.341 e. The van der Waals surface area contributed by atoms with Crippen molar-refractivity contribution >= 4 is 28.3 Å². The lowest BCUT2D eigenvalue weighted by molar-refractivity contribution is 0.324. The van der Waals surface area contributed by atoms with E-state index >= 15 is 0 Å². The number of nitrogens with one attached hydrogen (secondary N) is 2. The maximum Gasteiger partial charge on any atom is 0.247 e. The fourth-order valence-electron chi connectivity index (χ4n) is 4.28. The molecule has 7 heteroatoms. The van der Waals surface area contributed by atoms with E-state index in [4.69, 9.17) is 10.1 Å². The molecule has 0 unspecified atom stereocenters. The van der Waals surface area contributed by atoms with Gasteiger partial charge in [0.05, 0.1) is 23.3 Å². The van der Waals surface area contributed by atoms with Crippen molar-refractivity contribution in [1.29, 1.82) is 0 Å². The zero-order valence-corrected chi connectivity index (χ0v) is 17.1. The Morgan fingerprint density at radius 1 is 0.903 bits per heavy atom. The number of fused-ring (bicyclic) bond motifs is 2. The molecular formula is C24H23N7. The molecule has 0 bridgehead atoms. The highest BCUT2D eigenvalue weighted by Gasteiger charge is 2.15. The predicted octanol–water partition coefficient (Wildman–Crippen LogP) is 4.61. The molecule has 3 aromatic heterocycles. The molecule has 1 aliphatic rings. The highest BCUT2D eigenvalue weighted by atomic mass is 15.4. The molecule has 2 aromatic carbocycles. The second kappa shape index (κ2) is 7.52. The number of H-pyrrole nitrogens is 1. The van der Waals surface area contributed by atoms with Gasteiger partial charge in [-0.3, -0.25) is 4.90 Å². The summed E-state index contributed by atoms with van der Waals surface area (Å²) in [7, 11) is 0. The third-order valence-electron chi connectivity index (χ3n) is 5.79. The third kappa shape index (κ3) is 3.53. The van der Waals surface area contributed by atoms with Gasteiger partial charge in [0, 0.05) is 11.3 Å². The average Bonchev–Trinajstić information content (AvgIpc) is 3.53. The smallest absolute Gasteiger partial charge is 0.247 e. The van der Waals surface area contributed by atoms with E-state index in [0.29, 0.717) is 5.95 Å². The van der Waals surface area contributed by atoms with Gasteiger partial charge in [-0.1, -0.05) is 30.3 Å². The molecule has 1 fully saturated rings. The molecule has 0 atom stereocenters. The number of hydrogen-bond donors (Lipinski definition) is 2. The number of imidazole rings is 1. The van der Waals surface area contributed by atoms with Crippen LogP contribution in [-0.2, 0) is 6.54 Å². The summed E-state index contributed by atoms with van der Waals surface area (Å²) in [6.07, 6.45) is 2.57. The van der Waals surface area contributed by atoms with Crippen molar-refractivity contribution in [2.75, 3.05) is 18.4 Å². The second-order valence-electron chi connectivity index (χ2n) is 8.01. The lowest BCUT2D eigenvalue weighted by atomic mass is 10.1. The lowest BCUT2D eigenvalue weighted by Crippen LogP contribution is -2.19. The van der Waals surface area contributed by atoms with Crippen LogP contribution in [0.1, 0.15) is 18.7 Å². The normalized spacial score (nSPS) is 14.6. The van der Waals surface area contributed by atoms with Crippen LogP contribution in [0.4, 0.5) is 11.6 Å². The van der Waals surface area contributed by atoms with Gasteiger partial charge >= 0.3 is 0 Å². The molecule has 0 radical (unpaired) electrons. The fraction of sp³-hybridized carbons (Fsp3) is 0.208. The van der Waals surface area contributed by atoms with E-state index < -0.39 is 0 Å². The van der Waals surface area contributed by atoms with Gasteiger partial charge in [0.15, 0.2) is 5.65 Å². The molecule has 1 aliphatic heterocycles. The lowest BCUT2D eigenvalue weighted by Gasteiger charge is -2.11. The molecule has 2 N–H and O–H groups in total. The van der Waals surface area contributed by atoms with E-state index in [1.54, 1.807) is 0 Å². The number of nitrogens with zero attached hydrogens (tertiary/aromatic N) is 5. The maximum atomic E-state index is 4.78. The van der Waals surface area contributed by atoms with Crippen LogP contribution < -0.4 is 5.32 Å². The molecule has 4 heterocycles. The van der Waals surface area contributed by atoms with Crippen LogP contribution in [0, 0.1) is 0 Å². The Labute approximate surface area is 179 Å². The van der Waals surface area contributed by atoms with Crippen molar-refractivity contribution in [3.63, 3.8) is 0 Å². The van der Waals surface area contributed by atoms with Crippen LogP contribution in [0.2, 0.25) is 0 Å². The zero-order chi connectivity index (χ0) is 20.6. The van der Waals surface area contributed by atoms with Crippen LogP contribution in [0.5, 0.6) is 0 Å². The van der Waals surface area contributed by atoms with E-state index in [1.165, 1.54) is 12.8 Å². The van der Waals surface area contributed by atoms with Crippen molar-refractivity contribution in [1.82, 2.24) is 29.5 Å². The monoisotopic (exact) mass is 409 g/mol. The van der Waals surface area contributed by atoms with Crippen molar-refractivity contribution in [2.24, 2.45) is 0 Å². The Bertz CT molecular complexity index is 1350. The van der Waals surface area contributed by atoms with Gasteiger partial charge < -0.3 is 10.3 Å². The Hall–Kier alpha value is -3.71. The van der Waals surface area contributed by atoms with Crippen molar-refractivity contribution in [3.05, 3.63) is 72.6 Å². The summed E-state index contributed by atoms with van der Waals surface area (Å²) in [5, 5.41) is 7.98. The number of rotatable bonds is 5. The van der Waals surface area contributed by atoms with Crippen LogP contribution in [-0.4, -0.2) is 42.6 Å². The topological polar surface area (TPSA) is 74.1 Å². The quantitative estimate of drug-likeness (QED) is 0.443. The highest BCUT2D eigenvalue weighted by Crippen LogP contribution is 2.25. The van der Waals surface area contributed by atoms with Crippen molar-refractivity contribution in [2.45, 2.75) is 19.4 Å². The maximum absolute atomic E-state index is 4.78. The van der Waals surface area contributed by atoms with Crippen LogP contribution in [0.3, 0.4) is 0 Å². The average molecular weight is 409 g/mol. The number of pyridine rings is 1. The van der Waals surface area contributed by atoms with Crippen LogP contribution in [0.15, 0.2) is 66.7 Å². The van der Waals surface area contributed by atoms with Gasteiger partial charge in [-0.05, 0) is 62.3 Å². The Balaban J connectivity index is 1.34. The summed E-state index contributed by atoms with van der Waals surface area (Å²) in [4.78, 5) is 15.4. The first-order chi connectivity index (χ1) is 15.3. The number of aromatic amines is 1. The minimum atomic E-state index is 0.578. The number of anilines is 2. The predicted molar refractivity (Wildman–Crippen MR) is 122 cm³/mol. The summed E-state index contributed by atoms with van der Waals surface area (Å²) >= 11 is 0. The van der Waals surface area contributed by atoms with Gasteiger partial charge in [0.2, 0.25) is 5.95 Å². The Morgan fingerprint density at radius 3 is 2.65 bits per heavy atom. The molecule has 1 saturated heterocycles. The number of likely N-dealkylation sites (tertiary alicyclic amines) is 1. The van der Waals surface area contributed by atoms with Gasteiger partial charge in [-0.15, -0.1) is 5.10 Å². The van der Waals surface area contributed by atoms with Crippen molar-refractivity contribution < 1.29 is 0 Å². The molecule has 0 saturated carbocycles. The number of hydrogen-bond acceptors (Lipinski definition) is 5. The minimum absolute atomic E-state index is 0.578. The van der Waals surface area contributed by atoms with E-state index in [-0.39, 0.29) is 0 Å². The van der Waals surface area contributed by atoms with Gasteiger partial charge in [-0.2, -0.15) is 4.98 Å². The molecule has 154 valence electrons. The standard InChI is InChI=1S/C24H23N7/c1-2-7-18(8-3-1)25-24-28-23-10-6-9-21(31(23)29-24)17-11-12-19-20(15-17)27-22(26-19)16-30-13-4-5-14-30/h1-3,6-12,15H,4-5,13-14,16H2,(H,25,29)(H,26,27). The molecule has 0 amide bonds. The molecule has 7 nitrogen and oxygen atoms in total. The fourth-order valence-corrected chi connectivity index (χ4v) is 4.28. The van der Waals surface area contributed by atoms with E-state index in [0.717, 1.165) is 59.1 Å². The second-order valence-corrected chi connectivity index (χ2v) is 8.01. The summed E-state index contributed by atoms with van der Waals surface area (Å²) < 4.78 is 1.88. The summed E-state index contributed by atoms with van der Waals surface area (Å²) in [6, 6.07) is 22.3. The molecule has 0 spiro atoms. The third-order valence-corrected chi connectivity index (χ3v) is 5.79. The van der Waals surface area contributed by atoms with E-state index in [2.05, 4.69) is 44.5 Å². The first kappa shape index (κ1) is 18.1. The Kier molecular flexibility index (Phi) is 4.39. The largest absolute Gasteiger partial charge is 0.341 e. The van der Waals surface area contributed by atoms with Gasteiger partial charge in [0.25, 0.3) is 0 Å². The zero-order valence-electron chi connectivity index (χ0n) is 17.1. The molecule has 6 rings (SSSR count). The van der Waals surface area contributed by atoms with Crippen molar-refractivity contribution in [3.8, 4) is 11.3 Å². The summed E-state index contributed by atoms with van der Waals surface area (Å²) in [5.41, 5.74) is 5.87.